The molecule has 1 fully saturated rings. The molecular weight excluding hydrogens is 389 g/mol. The molecule has 2 aromatic rings. The smallest absolute Gasteiger partial charge is 0.385 e. The molecule has 4 nitrogen and oxygen atoms in total. The van der Waals surface area contributed by atoms with E-state index < -0.39 is 11.9 Å². The molecule has 1 aliphatic rings. The fourth-order valence-electron chi connectivity index (χ4n) is 3.31. The Labute approximate surface area is 167 Å². The Morgan fingerprint density at radius 1 is 1.29 bits per heavy atom. The molecule has 1 aromatic carbocycles. The summed E-state index contributed by atoms with van der Waals surface area (Å²) in [4.78, 5) is 7.77. The number of aryl methyl sites for hydroxylation is 1. The first-order valence-electron chi connectivity index (χ1n) is 9.14. The van der Waals surface area contributed by atoms with E-state index >= 15 is 0 Å². The van der Waals surface area contributed by atoms with Gasteiger partial charge in [-0.25, -0.2) is 9.97 Å². The zero-order valence-electron chi connectivity index (χ0n) is 15.5. The van der Waals surface area contributed by atoms with E-state index in [1.54, 1.807) is 18.2 Å². The second-order valence-electron chi connectivity index (χ2n) is 7.05. The van der Waals surface area contributed by atoms with Gasteiger partial charge in [0.25, 0.3) is 0 Å². The first-order chi connectivity index (χ1) is 13.2. The number of halogens is 4. The van der Waals surface area contributed by atoms with Gasteiger partial charge in [-0.3, -0.25) is 0 Å². The van der Waals surface area contributed by atoms with E-state index in [0.717, 1.165) is 24.6 Å². The lowest BCUT2D eigenvalue weighted by molar-refractivity contribution is -0.141. The minimum atomic E-state index is -4.63. The van der Waals surface area contributed by atoms with Crippen LogP contribution in [0.4, 0.5) is 24.8 Å². The van der Waals surface area contributed by atoms with Crippen LogP contribution in [0.25, 0.3) is 5.70 Å². The molecule has 8 heteroatoms. The molecule has 0 unspecified atom stereocenters. The number of alkyl halides is 3. The van der Waals surface area contributed by atoms with Crippen molar-refractivity contribution in [3.05, 3.63) is 52.8 Å². The van der Waals surface area contributed by atoms with Crippen molar-refractivity contribution in [3.63, 3.8) is 0 Å². The molecule has 1 saturated carbocycles. The molecule has 150 valence electrons. The van der Waals surface area contributed by atoms with Gasteiger partial charge >= 0.3 is 6.18 Å². The summed E-state index contributed by atoms with van der Waals surface area (Å²) in [5.41, 5.74) is 0.386. The summed E-state index contributed by atoms with van der Waals surface area (Å²) in [6.45, 7) is 6.19. The monoisotopic (exact) mass is 410 g/mol. The largest absolute Gasteiger partial charge is 0.434 e. The number of rotatable bonds is 6. The van der Waals surface area contributed by atoms with Gasteiger partial charge in [0.15, 0.2) is 5.69 Å². The number of aromatic nitrogens is 2. The number of nitrogens with zero attached hydrogens (tertiary/aromatic N) is 2. The van der Waals surface area contributed by atoms with Gasteiger partial charge in [-0.15, -0.1) is 0 Å². The molecule has 3 rings (SSSR count). The first kappa shape index (κ1) is 20.5. The molecule has 1 heterocycles. The Morgan fingerprint density at radius 2 is 2.00 bits per heavy atom. The number of hydrogen-bond acceptors (Lipinski definition) is 4. The van der Waals surface area contributed by atoms with Gasteiger partial charge in [0.1, 0.15) is 0 Å². The van der Waals surface area contributed by atoms with Crippen LogP contribution in [0.5, 0.6) is 0 Å². The number of hydrogen-bond donors (Lipinski definition) is 2. The summed E-state index contributed by atoms with van der Waals surface area (Å²) < 4.78 is 40.8. The Kier molecular flexibility index (Phi) is 6.13. The third-order valence-electron chi connectivity index (χ3n) is 4.91. The number of anilines is 2. The maximum atomic E-state index is 13.6. The molecule has 0 aliphatic heterocycles. The van der Waals surface area contributed by atoms with Crippen molar-refractivity contribution in [1.29, 1.82) is 0 Å². The van der Waals surface area contributed by atoms with Gasteiger partial charge in [-0.05, 0) is 43.4 Å². The Bertz CT molecular complexity index is 861. The van der Waals surface area contributed by atoms with Crippen molar-refractivity contribution in [2.24, 2.45) is 5.92 Å². The fourth-order valence-corrected chi connectivity index (χ4v) is 3.48. The highest BCUT2D eigenvalue weighted by atomic mass is 35.5. The van der Waals surface area contributed by atoms with Crippen molar-refractivity contribution in [3.8, 4) is 0 Å². The van der Waals surface area contributed by atoms with Crippen LogP contribution in [0.15, 0.2) is 31.0 Å². The van der Waals surface area contributed by atoms with Gasteiger partial charge in [-0.1, -0.05) is 37.1 Å². The van der Waals surface area contributed by atoms with E-state index in [1.807, 2.05) is 6.92 Å². The molecule has 0 bridgehead atoms. The van der Waals surface area contributed by atoms with Crippen LogP contribution >= 0.6 is 11.6 Å². The van der Waals surface area contributed by atoms with Crippen LogP contribution in [0.2, 0.25) is 5.02 Å². The van der Waals surface area contributed by atoms with E-state index in [2.05, 4.69) is 27.2 Å². The molecule has 0 atom stereocenters. The molecule has 28 heavy (non-hydrogen) atoms. The average Bonchev–Trinajstić information content (AvgIpc) is 3.15. The Balaban J connectivity index is 1.83. The van der Waals surface area contributed by atoms with Crippen molar-refractivity contribution < 1.29 is 13.2 Å². The maximum Gasteiger partial charge on any atom is 0.434 e. The predicted octanol–water partition coefficient (Wildman–Crippen LogP) is 5.95. The molecule has 0 radical (unpaired) electrons. The van der Waals surface area contributed by atoms with Crippen LogP contribution in [-0.4, -0.2) is 16.5 Å². The van der Waals surface area contributed by atoms with E-state index in [1.165, 1.54) is 12.8 Å². The van der Waals surface area contributed by atoms with Crippen molar-refractivity contribution in [2.45, 2.75) is 38.8 Å². The Hall–Kier alpha value is -2.28. The lowest BCUT2D eigenvalue weighted by atomic mass is 10.1. The number of nitrogens with one attached hydrogen (secondary N) is 2. The molecule has 1 aromatic heterocycles. The minimum Gasteiger partial charge on any atom is -0.385 e. The van der Waals surface area contributed by atoms with Crippen LogP contribution < -0.4 is 10.6 Å². The van der Waals surface area contributed by atoms with Gasteiger partial charge in [0.2, 0.25) is 5.95 Å². The fraction of sp³-hybridized carbons (Fsp3) is 0.400. The molecule has 1 aliphatic carbocycles. The van der Waals surface area contributed by atoms with E-state index in [9.17, 15) is 13.2 Å². The summed E-state index contributed by atoms with van der Waals surface area (Å²) in [6, 6.07) is 5.08. The van der Waals surface area contributed by atoms with Crippen LogP contribution in [-0.2, 0) is 6.18 Å². The van der Waals surface area contributed by atoms with E-state index in [-0.39, 0.29) is 17.2 Å². The highest BCUT2D eigenvalue weighted by Gasteiger charge is 2.37. The lowest BCUT2D eigenvalue weighted by Gasteiger charge is -2.18. The molecule has 0 saturated heterocycles. The average molecular weight is 411 g/mol. The summed E-state index contributed by atoms with van der Waals surface area (Å²) in [5, 5.41) is 6.30. The Morgan fingerprint density at radius 3 is 2.68 bits per heavy atom. The highest BCUT2D eigenvalue weighted by molar-refractivity contribution is 6.30. The van der Waals surface area contributed by atoms with Gasteiger partial charge < -0.3 is 10.6 Å². The lowest BCUT2D eigenvalue weighted by Crippen LogP contribution is -2.22. The summed E-state index contributed by atoms with van der Waals surface area (Å²) in [5.74, 6) is 0.323. The molecular formula is C20H22ClF3N4. The van der Waals surface area contributed by atoms with Crippen LogP contribution in [0.3, 0.4) is 0 Å². The zero-order valence-corrected chi connectivity index (χ0v) is 16.3. The maximum absolute atomic E-state index is 13.6. The summed E-state index contributed by atoms with van der Waals surface area (Å²) in [7, 11) is 0. The standard InChI is InChI=1S/C20H22ClF3N4/c1-12-7-8-15(21)9-17(12)27-19-26-11-16(18(28-19)20(22,23)24)13(2)25-10-14-5-3-4-6-14/h7-9,11,14,25H,2-6,10H2,1H3,(H,26,27,28). The number of benzene rings is 1. The SMILES string of the molecule is C=C(NCC1CCCC1)c1cnc(Nc2cc(Cl)ccc2C)nc1C(F)(F)F. The van der Waals surface area contributed by atoms with Crippen LogP contribution in [0, 0.1) is 12.8 Å². The zero-order chi connectivity index (χ0) is 20.3. The summed E-state index contributed by atoms with van der Waals surface area (Å²) >= 11 is 5.96. The van der Waals surface area contributed by atoms with Crippen molar-refractivity contribution in [1.82, 2.24) is 15.3 Å². The summed E-state index contributed by atoms with van der Waals surface area (Å²) in [6.07, 6.45) is 1.03. The van der Waals surface area contributed by atoms with E-state index in [0.29, 0.717) is 23.2 Å². The third kappa shape index (κ3) is 4.95. The quantitative estimate of drug-likeness (QED) is 0.617. The van der Waals surface area contributed by atoms with Crippen LogP contribution in [0.1, 0.15) is 42.5 Å². The second kappa shape index (κ2) is 8.39. The molecule has 2 N–H and O–H groups in total. The topological polar surface area (TPSA) is 49.8 Å². The van der Waals surface area contributed by atoms with Crippen molar-refractivity contribution in [2.75, 3.05) is 11.9 Å². The van der Waals surface area contributed by atoms with E-state index in [4.69, 9.17) is 11.6 Å². The van der Waals surface area contributed by atoms with Gasteiger partial charge in [0.05, 0.1) is 0 Å². The normalized spacial score (nSPS) is 14.9. The molecule has 0 spiro atoms. The van der Waals surface area contributed by atoms with Crippen molar-refractivity contribution >= 4 is 28.9 Å². The predicted molar refractivity (Wildman–Crippen MR) is 106 cm³/mol. The van der Waals surface area contributed by atoms with Gasteiger partial charge in [0, 0.05) is 34.7 Å². The first-order valence-corrected chi connectivity index (χ1v) is 9.52. The molecule has 0 amide bonds. The highest BCUT2D eigenvalue weighted by Crippen LogP contribution is 2.34. The third-order valence-corrected chi connectivity index (χ3v) is 5.14. The second-order valence-corrected chi connectivity index (χ2v) is 7.48. The van der Waals surface area contributed by atoms with Gasteiger partial charge in [-0.2, -0.15) is 13.2 Å². The minimum absolute atomic E-state index is 0.140.